The second-order valence-electron chi connectivity index (χ2n) is 4.88. The normalized spacial score (nSPS) is 16.1. The van der Waals surface area contributed by atoms with E-state index in [1.54, 1.807) is 28.8 Å². The molecule has 1 saturated heterocycles. The van der Waals surface area contributed by atoms with Crippen molar-refractivity contribution in [2.75, 3.05) is 30.3 Å². The smallest absolute Gasteiger partial charge is 0.236 e. The zero-order valence-corrected chi connectivity index (χ0v) is 12.6. The first-order valence-corrected chi connectivity index (χ1v) is 8.14. The number of anilines is 1. The van der Waals surface area contributed by atoms with Crippen molar-refractivity contribution in [3.05, 3.63) is 30.1 Å². The van der Waals surface area contributed by atoms with Crippen LogP contribution >= 0.6 is 11.8 Å². The van der Waals surface area contributed by atoms with Gasteiger partial charge in [-0.1, -0.05) is 6.07 Å². The average molecular weight is 296 g/mol. The molecule has 110 valence electrons. The number of piperidine rings is 1. The van der Waals surface area contributed by atoms with E-state index in [9.17, 15) is 9.18 Å². The minimum absolute atomic E-state index is 0.0571. The fraction of sp³-hybridized carbons (Fsp3) is 0.533. The molecule has 0 atom stereocenters. The van der Waals surface area contributed by atoms with E-state index >= 15 is 0 Å². The number of benzene rings is 1. The Bertz CT molecular complexity index is 449. The van der Waals surface area contributed by atoms with Crippen molar-refractivity contribution in [3.63, 3.8) is 0 Å². The number of nitrogens with zero attached hydrogens (tertiary/aromatic N) is 1. The Balaban J connectivity index is 1.91. The van der Waals surface area contributed by atoms with Crippen molar-refractivity contribution in [2.45, 2.75) is 25.0 Å². The fourth-order valence-corrected chi connectivity index (χ4v) is 3.48. The summed E-state index contributed by atoms with van der Waals surface area (Å²) in [4.78, 5) is 13.9. The fourth-order valence-electron chi connectivity index (χ4n) is 2.38. The molecule has 0 aromatic heterocycles. The van der Waals surface area contributed by atoms with Gasteiger partial charge in [-0.15, -0.1) is 11.8 Å². The molecule has 0 bridgehead atoms. The third-order valence-corrected chi connectivity index (χ3v) is 4.82. The second kappa shape index (κ2) is 7.64. The van der Waals surface area contributed by atoms with E-state index in [0.717, 1.165) is 25.9 Å². The molecule has 0 radical (unpaired) electrons. The summed E-state index contributed by atoms with van der Waals surface area (Å²) in [6.45, 7) is 4.55. The number of carbonyl (C=O) groups excluding carboxylic acids is 1. The van der Waals surface area contributed by atoms with Crippen LogP contribution in [0.5, 0.6) is 0 Å². The molecule has 1 heterocycles. The van der Waals surface area contributed by atoms with Crippen molar-refractivity contribution >= 4 is 23.4 Å². The van der Waals surface area contributed by atoms with Crippen molar-refractivity contribution in [1.29, 1.82) is 0 Å². The first kappa shape index (κ1) is 15.3. The highest BCUT2D eigenvalue weighted by atomic mass is 32.2. The number of nitrogens with one attached hydrogen (secondary N) is 1. The minimum Gasteiger partial charge on any atom is -0.317 e. The third-order valence-electron chi connectivity index (χ3n) is 3.47. The first-order valence-electron chi connectivity index (χ1n) is 7.09. The molecule has 1 N–H and O–H groups in total. The van der Waals surface area contributed by atoms with Crippen molar-refractivity contribution < 1.29 is 9.18 Å². The van der Waals surface area contributed by atoms with Crippen LogP contribution in [0.3, 0.4) is 0 Å². The number of rotatable bonds is 5. The van der Waals surface area contributed by atoms with Gasteiger partial charge in [-0.05, 0) is 51.1 Å². The lowest BCUT2D eigenvalue weighted by Crippen LogP contribution is -2.34. The maximum atomic E-state index is 13.3. The lowest BCUT2D eigenvalue weighted by atomic mass is 10.2. The van der Waals surface area contributed by atoms with Gasteiger partial charge in [0.15, 0.2) is 0 Å². The van der Waals surface area contributed by atoms with Gasteiger partial charge in [0.05, 0.1) is 5.75 Å². The van der Waals surface area contributed by atoms with Gasteiger partial charge in [0.25, 0.3) is 0 Å². The molecule has 0 aliphatic carbocycles. The van der Waals surface area contributed by atoms with E-state index < -0.39 is 0 Å². The van der Waals surface area contributed by atoms with Crippen molar-refractivity contribution in [1.82, 2.24) is 5.32 Å². The molecule has 3 nitrogen and oxygen atoms in total. The van der Waals surface area contributed by atoms with Crippen LogP contribution in [0.15, 0.2) is 24.3 Å². The Hall–Kier alpha value is -1.07. The zero-order valence-electron chi connectivity index (χ0n) is 11.8. The highest BCUT2D eigenvalue weighted by molar-refractivity contribution is 8.00. The molecule has 1 aliphatic rings. The summed E-state index contributed by atoms with van der Waals surface area (Å²) in [5.41, 5.74) is 0.642. The number of hydrogen-bond donors (Lipinski definition) is 1. The monoisotopic (exact) mass is 296 g/mol. The Morgan fingerprint density at radius 3 is 2.85 bits per heavy atom. The molecule has 1 amide bonds. The summed E-state index contributed by atoms with van der Waals surface area (Å²) >= 11 is 1.72. The van der Waals surface area contributed by atoms with Crippen molar-refractivity contribution in [2.24, 2.45) is 0 Å². The quantitative estimate of drug-likeness (QED) is 0.906. The van der Waals surface area contributed by atoms with E-state index in [2.05, 4.69) is 5.32 Å². The first-order chi connectivity index (χ1) is 9.70. The molecule has 1 aromatic carbocycles. The van der Waals surface area contributed by atoms with E-state index in [-0.39, 0.29) is 11.7 Å². The van der Waals surface area contributed by atoms with Crippen molar-refractivity contribution in [3.8, 4) is 0 Å². The molecule has 2 rings (SSSR count). The standard InChI is InChI=1S/C15H21FN2OS/c1-2-18(13-5-3-4-12(16)10-13)15(19)11-20-14-6-8-17-9-7-14/h3-5,10,14,17H,2,6-9,11H2,1H3. The molecule has 20 heavy (non-hydrogen) atoms. The topological polar surface area (TPSA) is 32.3 Å². The molecule has 1 aliphatic heterocycles. The summed E-state index contributed by atoms with van der Waals surface area (Å²) in [5.74, 6) is 0.219. The summed E-state index contributed by atoms with van der Waals surface area (Å²) in [7, 11) is 0. The van der Waals surface area contributed by atoms with Gasteiger partial charge in [0.1, 0.15) is 5.82 Å². The number of carbonyl (C=O) groups is 1. The summed E-state index contributed by atoms with van der Waals surface area (Å²) in [5, 5.41) is 3.88. The predicted octanol–water partition coefficient (Wildman–Crippen LogP) is 2.66. The number of hydrogen-bond acceptors (Lipinski definition) is 3. The molecular formula is C15H21FN2OS. The zero-order chi connectivity index (χ0) is 14.4. The third kappa shape index (κ3) is 4.21. The molecule has 5 heteroatoms. The molecule has 1 aromatic rings. The lowest BCUT2D eigenvalue weighted by Gasteiger charge is -2.24. The van der Waals surface area contributed by atoms with E-state index in [0.29, 0.717) is 23.2 Å². The SMILES string of the molecule is CCN(C(=O)CSC1CCNCC1)c1cccc(F)c1. The van der Waals surface area contributed by atoms with Gasteiger partial charge in [0, 0.05) is 17.5 Å². The minimum atomic E-state index is -0.306. The van der Waals surface area contributed by atoms with Crippen LogP contribution in [-0.2, 0) is 4.79 Å². The van der Waals surface area contributed by atoms with Gasteiger partial charge in [-0.3, -0.25) is 4.79 Å². The molecule has 0 unspecified atom stereocenters. The Morgan fingerprint density at radius 2 is 2.20 bits per heavy atom. The lowest BCUT2D eigenvalue weighted by molar-refractivity contribution is -0.116. The van der Waals surface area contributed by atoms with Crippen LogP contribution in [0.25, 0.3) is 0 Å². The van der Waals surface area contributed by atoms with E-state index in [1.807, 2.05) is 6.92 Å². The van der Waals surface area contributed by atoms with Gasteiger partial charge >= 0.3 is 0 Å². The summed E-state index contributed by atoms with van der Waals surface area (Å²) in [6.07, 6.45) is 2.23. The Labute approximate surface area is 123 Å². The average Bonchev–Trinajstić information content (AvgIpc) is 2.47. The molecular weight excluding hydrogens is 275 g/mol. The largest absolute Gasteiger partial charge is 0.317 e. The van der Waals surface area contributed by atoms with E-state index in [4.69, 9.17) is 0 Å². The maximum absolute atomic E-state index is 13.3. The van der Waals surface area contributed by atoms with Gasteiger partial charge < -0.3 is 10.2 Å². The van der Waals surface area contributed by atoms with Crippen LogP contribution in [0.4, 0.5) is 10.1 Å². The van der Waals surface area contributed by atoms with Crippen LogP contribution in [0, 0.1) is 5.82 Å². The second-order valence-corrected chi connectivity index (χ2v) is 6.17. The predicted molar refractivity (Wildman–Crippen MR) is 82.8 cm³/mol. The molecule has 0 spiro atoms. The Morgan fingerprint density at radius 1 is 1.45 bits per heavy atom. The van der Waals surface area contributed by atoms with Crippen LogP contribution < -0.4 is 10.2 Å². The number of amides is 1. The van der Waals surface area contributed by atoms with Gasteiger partial charge in [-0.2, -0.15) is 0 Å². The van der Waals surface area contributed by atoms with Gasteiger partial charge in [0.2, 0.25) is 5.91 Å². The molecule has 0 saturated carbocycles. The number of thioether (sulfide) groups is 1. The van der Waals surface area contributed by atoms with Gasteiger partial charge in [-0.25, -0.2) is 4.39 Å². The van der Waals surface area contributed by atoms with E-state index in [1.165, 1.54) is 12.1 Å². The van der Waals surface area contributed by atoms with Crippen LogP contribution in [0.1, 0.15) is 19.8 Å². The highest BCUT2D eigenvalue weighted by Gasteiger charge is 2.18. The molecule has 1 fully saturated rings. The van der Waals surface area contributed by atoms with Crippen LogP contribution in [0.2, 0.25) is 0 Å². The highest BCUT2D eigenvalue weighted by Crippen LogP contribution is 2.22. The van der Waals surface area contributed by atoms with Crippen LogP contribution in [-0.4, -0.2) is 36.5 Å². The summed E-state index contributed by atoms with van der Waals surface area (Å²) in [6, 6.07) is 6.22. The maximum Gasteiger partial charge on any atom is 0.236 e. The number of halogens is 1. The summed E-state index contributed by atoms with van der Waals surface area (Å²) < 4.78 is 13.3. The Kier molecular flexibility index (Phi) is 5.86.